The van der Waals surface area contributed by atoms with Crippen LogP contribution in [0, 0.1) is 5.92 Å². The van der Waals surface area contributed by atoms with Crippen molar-refractivity contribution >= 4 is 35.0 Å². The number of benzene rings is 1. The van der Waals surface area contributed by atoms with Crippen molar-refractivity contribution in [2.24, 2.45) is 5.92 Å². The van der Waals surface area contributed by atoms with E-state index in [2.05, 4.69) is 30.3 Å². The van der Waals surface area contributed by atoms with Gasteiger partial charge in [0.1, 0.15) is 23.0 Å². The number of halogens is 2. The molecule has 3 aromatic rings. The Labute approximate surface area is 177 Å². The quantitative estimate of drug-likeness (QED) is 0.592. The SMILES string of the molecule is CCn1nc(NC2C3CC2N(c2cc(Cl)ncn2)C3)nc1Oc1cccc(Cl)c1. The molecule has 29 heavy (non-hydrogen) atoms. The molecule has 4 heterocycles. The molecule has 150 valence electrons. The fourth-order valence-electron chi connectivity index (χ4n) is 4.03. The van der Waals surface area contributed by atoms with Gasteiger partial charge in [0.25, 0.3) is 0 Å². The highest BCUT2D eigenvalue weighted by Crippen LogP contribution is 2.44. The van der Waals surface area contributed by atoms with E-state index in [0.717, 1.165) is 18.8 Å². The van der Waals surface area contributed by atoms with Crippen LogP contribution in [0.15, 0.2) is 36.7 Å². The topological polar surface area (TPSA) is 81.0 Å². The van der Waals surface area contributed by atoms with Gasteiger partial charge in [-0.15, -0.1) is 5.10 Å². The first-order valence-corrected chi connectivity index (χ1v) is 10.3. The van der Waals surface area contributed by atoms with Crippen molar-refractivity contribution in [2.45, 2.75) is 32.0 Å². The molecule has 0 spiro atoms. The average Bonchev–Trinajstić information content (AvgIpc) is 3.39. The fourth-order valence-corrected chi connectivity index (χ4v) is 4.35. The first-order valence-electron chi connectivity index (χ1n) is 9.49. The lowest BCUT2D eigenvalue weighted by atomic mass is 9.80. The summed E-state index contributed by atoms with van der Waals surface area (Å²) in [6, 6.07) is 10.1. The molecule has 1 aromatic carbocycles. The molecule has 1 N–H and O–H groups in total. The first kappa shape index (κ1) is 18.4. The Morgan fingerprint density at radius 3 is 2.93 bits per heavy atom. The third-order valence-corrected chi connectivity index (χ3v) is 5.89. The van der Waals surface area contributed by atoms with E-state index in [-0.39, 0.29) is 6.04 Å². The number of nitrogens with one attached hydrogen (secondary N) is 1. The van der Waals surface area contributed by atoms with Crippen LogP contribution in [0.3, 0.4) is 0 Å². The molecule has 0 amide bonds. The van der Waals surface area contributed by atoms with Crippen LogP contribution in [0.1, 0.15) is 13.3 Å². The molecule has 8 nitrogen and oxygen atoms in total. The molecular weight excluding hydrogens is 413 g/mol. The predicted molar refractivity (Wildman–Crippen MR) is 111 cm³/mol. The molecule has 3 fully saturated rings. The standard InChI is InChI=1S/C19H19Cl2N7O/c1-2-28-19(29-13-5-3-4-12(20)7-13)25-18(26-28)24-17-11-6-14(17)27(9-11)16-8-15(21)22-10-23-16/h3-5,7-8,10-11,14,17H,2,6,9H2,1H3,(H,24,26). The number of rotatable bonds is 6. The number of fused-ring (bicyclic) bond motifs is 1. The minimum Gasteiger partial charge on any atom is -0.424 e. The molecular formula is C19H19Cl2N7O. The Balaban J connectivity index is 1.31. The lowest BCUT2D eigenvalue weighted by Gasteiger charge is -2.36. The van der Waals surface area contributed by atoms with Crippen LogP contribution >= 0.6 is 23.2 Å². The maximum Gasteiger partial charge on any atom is 0.322 e. The van der Waals surface area contributed by atoms with Gasteiger partial charge in [-0.25, -0.2) is 14.6 Å². The molecule has 1 saturated carbocycles. The smallest absolute Gasteiger partial charge is 0.322 e. The maximum absolute atomic E-state index is 6.04. The van der Waals surface area contributed by atoms with E-state index >= 15 is 0 Å². The zero-order valence-corrected chi connectivity index (χ0v) is 17.2. The van der Waals surface area contributed by atoms with E-state index in [1.165, 1.54) is 6.33 Å². The molecule has 6 rings (SSSR count). The van der Waals surface area contributed by atoms with E-state index in [9.17, 15) is 0 Å². The van der Waals surface area contributed by atoms with E-state index in [1.54, 1.807) is 22.9 Å². The summed E-state index contributed by atoms with van der Waals surface area (Å²) in [5.41, 5.74) is 0. The summed E-state index contributed by atoms with van der Waals surface area (Å²) in [5, 5.41) is 9.09. The summed E-state index contributed by atoms with van der Waals surface area (Å²) < 4.78 is 7.62. The van der Waals surface area contributed by atoms with E-state index in [1.807, 2.05) is 19.1 Å². The fraction of sp³-hybridized carbons (Fsp3) is 0.368. The molecule has 2 aromatic heterocycles. The summed E-state index contributed by atoms with van der Waals surface area (Å²) in [4.78, 5) is 15.1. The monoisotopic (exact) mass is 431 g/mol. The molecule has 2 saturated heterocycles. The number of nitrogens with zero attached hydrogens (tertiary/aromatic N) is 6. The third-order valence-electron chi connectivity index (χ3n) is 5.45. The summed E-state index contributed by atoms with van der Waals surface area (Å²) in [6.45, 7) is 3.57. The van der Waals surface area contributed by atoms with Crippen LogP contribution in [0.4, 0.5) is 11.8 Å². The molecule has 3 aliphatic rings. The summed E-state index contributed by atoms with van der Waals surface area (Å²) in [6.07, 6.45) is 2.61. The Morgan fingerprint density at radius 1 is 1.24 bits per heavy atom. The van der Waals surface area contributed by atoms with Crippen molar-refractivity contribution in [3.05, 3.63) is 46.8 Å². The van der Waals surface area contributed by atoms with Gasteiger partial charge >= 0.3 is 6.01 Å². The van der Waals surface area contributed by atoms with Gasteiger partial charge in [-0.2, -0.15) is 4.98 Å². The second-order valence-electron chi connectivity index (χ2n) is 7.18. The average molecular weight is 432 g/mol. The number of hydrogen-bond donors (Lipinski definition) is 1. The second kappa shape index (κ2) is 7.35. The van der Waals surface area contributed by atoms with Crippen LogP contribution in [0.5, 0.6) is 11.8 Å². The number of aromatic nitrogens is 5. The number of hydrogen-bond acceptors (Lipinski definition) is 7. The van der Waals surface area contributed by atoms with Crippen molar-refractivity contribution < 1.29 is 4.74 Å². The van der Waals surface area contributed by atoms with Gasteiger partial charge in [-0.3, -0.25) is 0 Å². The van der Waals surface area contributed by atoms with Gasteiger partial charge in [0.2, 0.25) is 5.95 Å². The van der Waals surface area contributed by atoms with E-state index < -0.39 is 0 Å². The minimum atomic E-state index is 0.260. The van der Waals surface area contributed by atoms with Crippen LogP contribution in [0.25, 0.3) is 0 Å². The van der Waals surface area contributed by atoms with Crippen LogP contribution < -0.4 is 15.0 Å². The molecule has 0 radical (unpaired) electrons. The van der Waals surface area contributed by atoms with Crippen LogP contribution in [-0.4, -0.2) is 43.4 Å². The molecule has 2 aliphatic heterocycles. The zero-order chi connectivity index (χ0) is 20.0. The number of ether oxygens (including phenoxy) is 1. The highest BCUT2D eigenvalue weighted by Gasteiger charge is 2.53. The van der Waals surface area contributed by atoms with Crippen molar-refractivity contribution in [3.63, 3.8) is 0 Å². The lowest BCUT2D eigenvalue weighted by molar-refractivity contribution is 0.332. The predicted octanol–water partition coefficient (Wildman–Crippen LogP) is 3.88. The molecule has 3 unspecified atom stereocenters. The Bertz CT molecular complexity index is 1040. The van der Waals surface area contributed by atoms with Gasteiger partial charge in [-0.1, -0.05) is 29.3 Å². The van der Waals surface area contributed by atoms with Gasteiger partial charge < -0.3 is 15.0 Å². The summed E-state index contributed by atoms with van der Waals surface area (Å²) >= 11 is 12.1. The van der Waals surface area contributed by atoms with Crippen LogP contribution in [0.2, 0.25) is 10.2 Å². The Hall–Kier alpha value is -2.58. The van der Waals surface area contributed by atoms with Crippen LogP contribution in [-0.2, 0) is 6.54 Å². The molecule has 2 bridgehead atoms. The maximum atomic E-state index is 6.04. The van der Waals surface area contributed by atoms with Gasteiger partial charge in [0.05, 0.1) is 12.1 Å². The number of aryl methyl sites for hydroxylation is 1. The normalized spacial score (nSPS) is 22.4. The first-order chi connectivity index (χ1) is 14.1. The Morgan fingerprint density at radius 2 is 2.14 bits per heavy atom. The van der Waals surface area contributed by atoms with Crippen molar-refractivity contribution in [2.75, 3.05) is 16.8 Å². The zero-order valence-electron chi connectivity index (χ0n) is 15.7. The lowest BCUT2D eigenvalue weighted by Crippen LogP contribution is -2.49. The van der Waals surface area contributed by atoms with Crippen molar-refractivity contribution in [3.8, 4) is 11.8 Å². The van der Waals surface area contributed by atoms with Gasteiger partial charge in [0, 0.05) is 30.1 Å². The van der Waals surface area contributed by atoms with Gasteiger partial charge in [-0.05, 0) is 31.5 Å². The van der Waals surface area contributed by atoms with E-state index in [4.69, 9.17) is 27.9 Å². The highest BCUT2D eigenvalue weighted by molar-refractivity contribution is 6.30. The highest BCUT2D eigenvalue weighted by atomic mass is 35.5. The molecule has 3 atom stereocenters. The second-order valence-corrected chi connectivity index (χ2v) is 8.00. The van der Waals surface area contributed by atoms with Gasteiger partial charge in [0.15, 0.2) is 0 Å². The molecule has 10 heteroatoms. The summed E-state index contributed by atoms with van der Waals surface area (Å²) in [7, 11) is 0. The largest absolute Gasteiger partial charge is 0.424 e. The van der Waals surface area contributed by atoms with Crippen molar-refractivity contribution in [1.29, 1.82) is 0 Å². The summed E-state index contributed by atoms with van der Waals surface area (Å²) in [5.74, 6) is 2.56. The molecule has 1 aliphatic carbocycles. The minimum absolute atomic E-state index is 0.260. The third kappa shape index (κ3) is 3.47. The van der Waals surface area contributed by atoms with E-state index in [0.29, 0.717) is 46.4 Å². The number of anilines is 2. The Kier molecular flexibility index (Phi) is 4.67. The van der Waals surface area contributed by atoms with Crippen molar-refractivity contribution in [1.82, 2.24) is 24.7 Å².